The van der Waals surface area contributed by atoms with Crippen LogP contribution in [0.1, 0.15) is 51.0 Å². The Kier molecular flexibility index (Phi) is 4.48. The molecule has 3 heteroatoms. The molecule has 0 aromatic heterocycles. The van der Waals surface area contributed by atoms with Crippen LogP contribution in [0.2, 0.25) is 0 Å². The van der Waals surface area contributed by atoms with E-state index in [0.29, 0.717) is 12.5 Å². The molecule has 0 radical (unpaired) electrons. The molecule has 21 heavy (non-hydrogen) atoms. The summed E-state index contributed by atoms with van der Waals surface area (Å²) >= 11 is 0. The van der Waals surface area contributed by atoms with Crippen molar-refractivity contribution in [2.24, 2.45) is 11.7 Å². The largest absolute Gasteiger partial charge is 0.368 e. The van der Waals surface area contributed by atoms with E-state index in [9.17, 15) is 4.39 Å². The van der Waals surface area contributed by atoms with Crippen molar-refractivity contribution in [1.82, 2.24) is 0 Å². The molecule has 3 atom stereocenters. The van der Waals surface area contributed by atoms with Gasteiger partial charge in [0.1, 0.15) is 5.82 Å². The Morgan fingerprint density at radius 1 is 1.24 bits per heavy atom. The number of rotatable bonds is 3. The van der Waals surface area contributed by atoms with Gasteiger partial charge in [-0.1, -0.05) is 18.9 Å². The number of nitrogens with two attached hydrogens (primary N) is 1. The summed E-state index contributed by atoms with van der Waals surface area (Å²) in [4.78, 5) is 2.49. The third-order valence-corrected chi connectivity index (χ3v) is 5.17. The van der Waals surface area contributed by atoms with Crippen molar-refractivity contribution in [3.8, 4) is 0 Å². The minimum atomic E-state index is -0.0947. The van der Waals surface area contributed by atoms with E-state index >= 15 is 0 Å². The van der Waals surface area contributed by atoms with Gasteiger partial charge in [-0.05, 0) is 57.1 Å². The highest BCUT2D eigenvalue weighted by Crippen LogP contribution is 2.39. The molecule has 1 aliphatic carbocycles. The Labute approximate surface area is 127 Å². The fraction of sp³-hybridized carbons (Fsp3) is 0.667. The lowest BCUT2D eigenvalue weighted by Gasteiger charge is -2.46. The number of benzene rings is 1. The van der Waals surface area contributed by atoms with Crippen LogP contribution in [0, 0.1) is 11.7 Å². The molecule has 0 spiro atoms. The molecule has 2 nitrogen and oxygen atoms in total. The SMILES string of the molecule is CC(N)Cc1c(F)cccc1N1CCC[C@H]2CCCC[C@H]21. The summed E-state index contributed by atoms with van der Waals surface area (Å²) in [6.07, 6.45) is 8.49. The highest BCUT2D eigenvalue weighted by atomic mass is 19.1. The zero-order valence-corrected chi connectivity index (χ0v) is 13.0. The van der Waals surface area contributed by atoms with E-state index in [1.54, 1.807) is 6.07 Å². The Bertz CT molecular complexity index is 484. The molecule has 116 valence electrons. The number of hydrogen-bond acceptors (Lipinski definition) is 2. The quantitative estimate of drug-likeness (QED) is 0.915. The molecule has 0 bridgehead atoms. The number of halogens is 1. The lowest BCUT2D eigenvalue weighted by molar-refractivity contribution is 0.243. The van der Waals surface area contributed by atoms with Gasteiger partial charge in [0.15, 0.2) is 0 Å². The fourth-order valence-corrected chi connectivity index (χ4v) is 4.26. The average Bonchev–Trinajstić information content (AvgIpc) is 2.48. The second-order valence-electron chi connectivity index (χ2n) is 6.87. The van der Waals surface area contributed by atoms with Gasteiger partial charge in [0.05, 0.1) is 0 Å². The van der Waals surface area contributed by atoms with E-state index in [1.165, 1.54) is 38.5 Å². The van der Waals surface area contributed by atoms with Crippen LogP contribution in [0.25, 0.3) is 0 Å². The molecular formula is C18H27FN2. The van der Waals surface area contributed by atoms with Gasteiger partial charge >= 0.3 is 0 Å². The van der Waals surface area contributed by atoms with Gasteiger partial charge in [0.2, 0.25) is 0 Å². The van der Waals surface area contributed by atoms with Gasteiger partial charge in [-0.2, -0.15) is 0 Å². The van der Waals surface area contributed by atoms with Crippen LogP contribution >= 0.6 is 0 Å². The van der Waals surface area contributed by atoms with Gasteiger partial charge in [0, 0.05) is 29.9 Å². The monoisotopic (exact) mass is 290 g/mol. The Balaban J connectivity index is 1.93. The highest BCUT2D eigenvalue weighted by molar-refractivity contribution is 5.56. The number of nitrogens with zero attached hydrogens (tertiary/aromatic N) is 1. The van der Waals surface area contributed by atoms with E-state index in [1.807, 2.05) is 13.0 Å². The molecule has 1 saturated heterocycles. The minimum Gasteiger partial charge on any atom is -0.368 e. The number of fused-ring (bicyclic) bond motifs is 1. The molecule has 1 aromatic carbocycles. The average molecular weight is 290 g/mol. The third kappa shape index (κ3) is 3.08. The van der Waals surface area contributed by atoms with Gasteiger partial charge < -0.3 is 10.6 Å². The van der Waals surface area contributed by atoms with E-state index < -0.39 is 0 Å². The molecule has 2 fully saturated rings. The molecule has 1 unspecified atom stereocenters. The summed E-state index contributed by atoms with van der Waals surface area (Å²) in [6, 6.07) is 6.12. The first-order chi connectivity index (χ1) is 10.2. The van der Waals surface area contributed by atoms with E-state index in [0.717, 1.165) is 23.7 Å². The molecule has 3 rings (SSSR count). The van der Waals surface area contributed by atoms with Crippen molar-refractivity contribution in [2.75, 3.05) is 11.4 Å². The van der Waals surface area contributed by atoms with Crippen molar-refractivity contribution in [1.29, 1.82) is 0 Å². The molecule has 1 aromatic rings. The summed E-state index contributed by atoms with van der Waals surface area (Å²) in [5.41, 5.74) is 7.86. The first-order valence-electron chi connectivity index (χ1n) is 8.46. The van der Waals surface area contributed by atoms with Crippen LogP contribution in [0.15, 0.2) is 18.2 Å². The maximum Gasteiger partial charge on any atom is 0.128 e. The van der Waals surface area contributed by atoms with Crippen LogP contribution in [0.4, 0.5) is 10.1 Å². The summed E-state index contributed by atoms with van der Waals surface area (Å²) in [5, 5.41) is 0. The molecule has 2 aliphatic rings. The lowest BCUT2D eigenvalue weighted by atomic mass is 9.78. The summed E-state index contributed by atoms with van der Waals surface area (Å²) < 4.78 is 14.3. The number of anilines is 1. The van der Waals surface area contributed by atoms with Crippen LogP contribution in [-0.2, 0) is 6.42 Å². The second kappa shape index (κ2) is 6.35. The Morgan fingerprint density at radius 2 is 2.00 bits per heavy atom. The number of hydrogen-bond donors (Lipinski definition) is 1. The third-order valence-electron chi connectivity index (χ3n) is 5.17. The lowest BCUT2D eigenvalue weighted by Crippen LogP contribution is -2.47. The van der Waals surface area contributed by atoms with Gasteiger partial charge in [-0.3, -0.25) is 0 Å². The minimum absolute atomic E-state index is 0.00686. The summed E-state index contributed by atoms with van der Waals surface area (Å²) in [7, 11) is 0. The van der Waals surface area contributed by atoms with Crippen molar-refractivity contribution in [3.63, 3.8) is 0 Å². The maximum absolute atomic E-state index is 14.3. The predicted molar refractivity (Wildman–Crippen MR) is 86.1 cm³/mol. The highest BCUT2D eigenvalue weighted by Gasteiger charge is 2.34. The van der Waals surface area contributed by atoms with Crippen LogP contribution in [0.3, 0.4) is 0 Å². The van der Waals surface area contributed by atoms with Crippen LogP contribution < -0.4 is 10.6 Å². The first-order valence-corrected chi connectivity index (χ1v) is 8.46. The Morgan fingerprint density at radius 3 is 2.81 bits per heavy atom. The van der Waals surface area contributed by atoms with Crippen LogP contribution in [0.5, 0.6) is 0 Å². The summed E-state index contributed by atoms with van der Waals surface area (Å²) in [6.45, 7) is 3.02. The summed E-state index contributed by atoms with van der Waals surface area (Å²) in [5.74, 6) is 0.710. The predicted octanol–water partition coefficient (Wildman–Crippen LogP) is 3.87. The molecule has 1 heterocycles. The number of piperidine rings is 1. The van der Waals surface area contributed by atoms with E-state index in [2.05, 4.69) is 11.0 Å². The fourth-order valence-electron chi connectivity index (χ4n) is 4.26. The zero-order valence-electron chi connectivity index (χ0n) is 13.0. The van der Waals surface area contributed by atoms with Gasteiger partial charge in [-0.25, -0.2) is 4.39 Å². The zero-order chi connectivity index (χ0) is 14.8. The molecule has 1 saturated carbocycles. The molecular weight excluding hydrogens is 263 g/mol. The molecule has 1 aliphatic heterocycles. The molecule has 2 N–H and O–H groups in total. The standard InChI is InChI=1S/C18H27FN2/c1-13(20)12-15-16(19)8-4-10-18(15)21-11-5-7-14-6-2-3-9-17(14)21/h4,8,10,13-14,17H,2-3,5-7,9,11-12,20H2,1H3/t13?,14-,17-/m1/s1. The second-order valence-corrected chi connectivity index (χ2v) is 6.87. The van der Waals surface area contributed by atoms with Gasteiger partial charge in [0.25, 0.3) is 0 Å². The first kappa shape index (κ1) is 14.8. The van der Waals surface area contributed by atoms with E-state index in [-0.39, 0.29) is 11.9 Å². The van der Waals surface area contributed by atoms with Crippen molar-refractivity contribution >= 4 is 5.69 Å². The van der Waals surface area contributed by atoms with Crippen molar-refractivity contribution in [2.45, 2.75) is 64.0 Å². The smallest absolute Gasteiger partial charge is 0.128 e. The van der Waals surface area contributed by atoms with E-state index in [4.69, 9.17) is 5.73 Å². The maximum atomic E-state index is 14.3. The normalized spacial score (nSPS) is 27.3. The Hall–Kier alpha value is -1.09. The topological polar surface area (TPSA) is 29.3 Å². The van der Waals surface area contributed by atoms with Gasteiger partial charge in [-0.15, -0.1) is 0 Å². The van der Waals surface area contributed by atoms with Crippen molar-refractivity contribution in [3.05, 3.63) is 29.6 Å². The van der Waals surface area contributed by atoms with Crippen molar-refractivity contribution < 1.29 is 4.39 Å². The molecule has 0 amide bonds. The van der Waals surface area contributed by atoms with Crippen LogP contribution in [-0.4, -0.2) is 18.6 Å².